The van der Waals surface area contributed by atoms with Gasteiger partial charge < -0.3 is 15.2 Å². The van der Waals surface area contributed by atoms with Gasteiger partial charge in [0.1, 0.15) is 5.00 Å². The lowest BCUT2D eigenvalue weighted by molar-refractivity contribution is -0.120. The van der Waals surface area contributed by atoms with Crippen LogP contribution in [0, 0.1) is 0 Å². The minimum Gasteiger partial charge on any atom is -0.355 e. The monoisotopic (exact) mass is 331 g/mol. The summed E-state index contributed by atoms with van der Waals surface area (Å²) in [7, 11) is 0. The van der Waals surface area contributed by atoms with Crippen LogP contribution < -0.4 is 10.6 Å². The van der Waals surface area contributed by atoms with Gasteiger partial charge in [0.05, 0.1) is 12.1 Å². The first-order valence-corrected chi connectivity index (χ1v) is 8.85. The zero-order valence-electron chi connectivity index (χ0n) is 13.2. The molecular formula is C17H21N3O2S. The number of aromatic nitrogens is 1. The molecule has 0 saturated carbocycles. The molecule has 0 aromatic carbocycles. The Bertz CT molecular complexity index is 704. The maximum atomic E-state index is 12.7. The molecular weight excluding hydrogens is 310 g/mol. The summed E-state index contributed by atoms with van der Waals surface area (Å²) in [6.45, 7) is 2.44. The van der Waals surface area contributed by atoms with Crippen molar-refractivity contribution < 1.29 is 9.59 Å². The van der Waals surface area contributed by atoms with E-state index in [1.807, 2.05) is 36.0 Å². The number of fused-ring (bicyclic) bond motifs is 1. The number of rotatable bonds is 5. The van der Waals surface area contributed by atoms with Gasteiger partial charge in [-0.25, -0.2) is 0 Å². The number of carbonyl (C=O) groups is 2. The molecule has 2 amide bonds. The highest BCUT2D eigenvalue weighted by Crippen LogP contribution is 2.36. The molecule has 6 heteroatoms. The normalized spacial score (nSPS) is 13.4. The predicted molar refractivity (Wildman–Crippen MR) is 91.3 cm³/mol. The second-order valence-corrected chi connectivity index (χ2v) is 6.70. The quantitative estimate of drug-likeness (QED) is 0.883. The molecule has 0 aliphatic heterocycles. The van der Waals surface area contributed by atoms with Crippen LogP contribution in [0.4, 0.5) is 0 Å². The lowest BCUT2D eigenvalue weighted by Gasteiger charge is -2.13. The molecule has 0 radical (unpaired) electrons. The lowest BCUT2D eigenvalue weighted by atomic mass is 9.95. The highest BCUT2D eigenvalue weighted by atomic mass is 32.1. The standard InChI is InChI=1S/C17H21N3O2S/c1-2-18-14(21)11-19-16(22)15-12-7-3-4-8-13(12)23-17(15)20-9-5-6-10-20/h5-6,9-10H,2-4,7-8,11H2,1H3,(H,18,21)(H,19,22). The number of thiophene rings is 1. The fourth-order valence-electron chi connectivity index (χ4n) is 2.95. The van der Waals surface area contributed by atoms with Crippen molar-refractivity contribution in [1.82, 2.24) is 15.2 Å². The molecule has 2 N–H and O–H groups in total. The summed E-state index contributed by atoms with van der Waals surface area (Å²) in [6.07, 6.45) is 8.19. The molecule has 2 aromatic rings. The average Bonchev–Trinajstić information content (AvgIpc) is 3.19. The van der Waals surface area contributed by atoms with Crippen molar-refractivity contribution in [3.05, 3.63) is 40.5 Å². The molecule has 2 aromatic heterocycles. The summed E-state index contributed by atoms with van der Waals surface area (Å²) >= 11 is 1.69. The Balaban J connectivity index is 1.89. The van der Waals surface area contributed by atoms with Crippen molar-refractivity contribution in [3.63, 3.8) is 0 Å². The van der Waals surface area contributed by atoms with Crippen LogP contribution in [0.5, 0.6) is 0 Å². The number of likely N-dealkylation sites (N-methyl/N-ethyl adjacent to an activating group) is 1. The van der Waals surface area contributed by atoms with Gasteiger partial charge in [-0.15, -0.1) is 11.3 Å². The van der Waals surface area contributed by atoms with Crippen molar-refractivity contribution >= 4 is 23.2 Å². The van der Waals surface area contributed by atoms with Gasteiger partial charge in [0.2, 0.25) is 5.91 Å². The maximum Gasteiger partial charge on any atom is 0.255 e. The third kappa shape index (κ3) is 3.32. The summed E-state index contributed by atoms with van der Waals surface area (Å²) in [6, 6.07) is 3.91. The largest absolute Gasteiger partial charge is 0.355 e. The van der Waals surface area contributed by atoms with E-state index < -0.39 is 0 Å². The zero-order chi connectivity index (χ0) is 16.2. The van der Waals surface area contributed by atoms with Crippen LogP contribution in [0.2, 0.25) is 0 Å². The molecule has 122 valence electrons. The van der Waals surface area contributed by atoms with Gasteiger partial charge in [-0.2, -0.15) is 0 Å². The van der Waals surface area contributed by atoms with Gasteiger partial charge in [-0.1, -0.05) is 0 Å². The van der Waals surface area contributed by atoms with Crippen LogP contribution in [0.3, 0.4) is 0 Å². The Morgan fingerprint density at radius 3 is 2.65 bits per heavy atom. The molecule has 3 rings (SSSR count). The van der Waals surface area contributed by atoms with Crippen molar-refractivity contribution in [2.45, 2.75) is 32.6 Å². The summed E-state index contributed by atoms with van der Waals surface area (Å²) < 4.78 is 1.99. The summed E-state index contributed by atoms with van der Waals surface area (Å²) in [5, 5.41) is 6.41. The first kappa shape index (κ1) is 15.8. The van der Waals surface area contributed by atoms with Gasteiger partial charge in [0.25, 0.3) is 5.91 Å². The molecule has 1 aliphatic carbocycles. The molecule has 0 fully saturated rings. The average molecular weight is 331 g/mol. The number of nitrogens with one attached hydrogen (secondary N) is 2. The van der Waals surface area contributed by atoms with E-state index >= 15 is 0 Å². The lowest BCUT2D eigenvalue weighted by Crippen LogP contribution is -2.37. The van der Waals surface area contributed by atoms with Crippen molar-refractivity contribution in [1.29, 1.82) is 0 Å². The van der Waals surface area contributed by atoms with Gasteiger partial charge >= 0.3 is 0 Å². The molecule has 1 aliphatic rings. The highest BCUT2D eigenvalue weighted by Gasteiger charge is 2.26. The molecule has 0 unspecified atom stereocenters. The van der Waals surface area contributed by atoms with Gasteiger partial charge in [-0.3, -0.25) is 9.59 Å². The summed E-state index contributed by atoms with van der Waals surface area (Å²) in [5.74, 6) is -0.313. The van der Waals surface area contributed by atoms with Gasteiger partial charge in [0, 0.05) is 23.8 Å². The molecule has 0 saturated heterocycles. The molecule has 0 spiro atoms. The fraction of sp³-hybridized carbons (Fsp3) is 0.412. The first-order chi connectivity index (χ1) is 11.2. The molecule has 0 bridgehead atoms. The van der Waals surface area contributed by atoms with Crippen molar-refractivity contribution in [2.24, 2.45) is 0 Å². The van der Waals surface area contributed by atoms with Crippen LogP contribution in [0.15, 0.2) is 24.5 Å². The molecule has 2 heterocycles. The van der Waals surface area contributed by atoms with Crippen LogP contribution in [0.25, 0.3) is 5.00 Å². The minimum absolute atomic E-state index is 0.0163. The van der Waals surface area contributed by atoms with E-state index in [1.165, 1.54) is 16.9 Å². The van der Waals surface area contributed by atoms with E-state index in [0.717, 1.165) is 29.8 Å². The Morgan fingerprint density at radius 2 is 1.91 bits per heavy atom. The van der Waals surface area contributed by atoms with E-state index in [1.54, 1.807) is 11.3 Å². The predicted octanol–water partition coefficient (Wildman–Crippen LogP) is 2.28. The van der Waals surface area contributed by atoms with E-state index in [-0.39, 0.29) is 18.4 Å². The van der Waals surface area contributed by atoms with Crippen LogP contribution in [-0.4, -0.2) is 29.5 Å². The Labute approximate surface area is 139 Å². The minimum atomic E-state index is -0.160. The highest BCUT2D eigenvalue weighted by molar-refractivity contribution is 7.15. The third-order valence-electron chi connectivity index (χ3n) is 4.00. The van der Waals surface area contributed by atoms with Crippen LogP contribution in [0.1, 0.15) is 40.6 Å². The second kappa shape index (κ2) is 7.00. The SMILES string of the molecule is CCNC(=O)CNC(=O)c1c(-n2cccc2)sc2c1CCCC2. The van der Waals surface area contributed by atoms with Gasteiger partial charge in [-0.05, 0) is 50.3 Å². The summed E-state index contributed by atoms with van der Waals surface area (Å²) in [4.78, 5) is 25.6. The van der Waals surface area contributed by atoms with E-state index in [0.29, 0.717) is 6.54 Å². The number of hydrogen-bond acceptors (Lipinski definition) is 3. The zero-order valence-corrected chi connectivity index (χ0v) is 14.0. The fourth-order valence-corrected chi connectivity index (χ4v) is 4.30. The number of aryl methyl sites for hydroxylation is 1. The Hall–Kier alpha value is -2.08. The Kier molecular flexibility index (Phi) is 4.81. The number of amides is 2. The van der Waals surface area contributed by atoms with E-state index in [2.05, 4.69) is 10.6 Å². The van der Waals surface area contributed by atoms with Crippen molar-refractivity contribution in [2.75, 3.05) is 13.1 Å². The van der Waals surface area contributed by atoms with Crippen LogP contribution in [-0.2, 0) is 17.6 Å². The molecule has 5 nitrogen and oxygen atoms in total. The smallest absolute Gasteiger partial charge is 0.255 e. The maximum absolute atomic E-state index is 12.7. The van der Waals surface area contributed by atoms with Crippen LogP contribution >= 0.6 is 11.3 Å². The number of carbonyl (C=O) groups excluding carboxylic acids is 2. The van der Waals surface area contributed by atoms with Gasteiger partial charge in [0.15, 0.2) is 0 Å². The topological polar surface area (TPSA) is 63.1 Å². The molecule has 23 heavy (non-hydrogen) atoms. The van der Waals surface area contributed by atoms with Crippen molar-refractivity contribution in [3.8, 4) is 5.00 Å². The number of nitrogens with zero attached hydrogens (tertiary/aromatic N) is 1. The third-order valence-corrected chi connectivity index (χ3v) is 5.31. The van der Waals surface area contributed by atoms with E-state index in [9.17, 15) is 9.59 Å². The number of hydrogen-bond donors (Lipinski definition) is 2. The van der Waals surface area contributed by atoms with E-state index in [4.69, 9.17) is 0 Å². The first-order valence-electron chi connectivity index (χ1n) is 8.03. The second-order valence-electron chi connectivity index (χ2n) is 5.62. The molecule has 0 atom stereocenters. The Morgan fingerprint density at radius 1 is 1.17 bits per heavy atom. The summed E-state index contributed by atoms with van der Waals surface area (Å²) in [5.41, 5.74) is 1.91.